The summed E-state index contributed by atoms with van der Waals surface area (Å²) < 4.78 is 50.5. The van der Waals surface area contributed by atoms with Gasteiger partial charge in [0.05, 0.1) is 14.2 Å². The largest absolute Gasteiger partial charge is 0.493 e. The average molecular weight is 300 g/mol. The first-order chi connectivity index (χ1) is 9.80. The van der Waals surface area contributed by atoms with Crippen molar-refractivity contribution in [3.8, 4) is 11.5 Å². The highest BCUT2D eigenvalue weighted by atomic mass is 19.4. The summed E-state index contributed by atoms with van der Waals surface area (Å²) in [5, 5.41) is 0. The highest BCUT2D eigenvalue weighted by Crippen LogP contribution is 2.52. The van der Waals surface area contributed by atoms with Crippen LogP contribution in [0.4, 0.5) is 13.2 Å². The van der Waals surface area contributed by atoms with Crippen molar-refractivity contribution in [2.75, 3.05) is 14.2 Å². The SMILES string of the molecule is C=CCC1(C(F)(F)F)Cc2cc(OC)c(OC)cc2C1=O. The molecule has 0 heterocycles. The molecule has 1 aromatic rings. The number of hydrogen-bond donors (Lipinski definition) is 0. The molecule has 1 aromatic carbocycles. The third kappa shape index (κ3) is 2.18. The number of benzene rings is 1. The normalized spacial score (nSPS) is 21.1. The molecule has 0 saturated heterocycles. The molecule has 0 bridgehead atoms. The number of fused-ring (bicyclic) bond motifs is 1. The Hall–Kier alpha value is -1.98. The van der Waals surface area contributed by atoms with Crippen molar-refractivity contribution in [3.05, 3.63) is 35.9 Å². The smallest absolute Gasteiger partial charge is 0.402 e. The Kier molecular flexibility index (Phi) is 3.74. The second-order valence-corrected chi connectivity index (χ2v) is 4.94. The molecule has 0 fully saturated rings. The first kappa shape index (κ1) is 15.4. The van der Waals surface area contributed by atoms with Gasteiger partial charge in [0.15, 0.2) is 17.3 Å². The van der Waals surface area contributed by atoms with E-state index in [1.165, 1.54) is 26.4 Å². The predicted octanol–water partition coefficient (Wildman–Crippen LogP) is 3.57. The fourth-order valence-corrected chi connectivity index (χ4v) is 2.70. The molecule has 0 amide bonds. The van der Waals surface area contributed by atoms with Crippen LogP contribution >= 0.6 is 0 Å². The lowest BCUT2D eigenvalue weighted by Gasteiger charge is -2.28. The zero-order valence-corrected chi connectivity index (χ0v) is 11.7. The fourth-order valence-electron chi connectivity index (χ4n) is 2.70. The number of carbonyl (C=O) groups excluding carboxylic acids is 1. The number of allylic oxidation sites excluding steroid dienone is 1. The number of methoxy groups -OCH3 is 2. The van der Waals surface area contributed by atoms with Crippen LogP contribution < -0.4 is 9.47 Å². The zero-order valence-electron chi connectivity index (χ0n) is 11.7. The van der Waals surface area contributed by atoms with Gasteiger partial charge < -0.3 is 9.47 Å². The molecule has 3 nitrogen and oxygen atoms in total. The summed E-state index contributed by atoms with van der Waals surface area (Å²) in [7, 11) is 2.76. The van der Waals surface area contributed by atoms with E-state index >= 15 is 0 Å². The van der Waals surface area contributed by atoms with E-state index < -0.39 is 30.2 Å². The number of Topliss-reactive ketones (excluding diaryl/α,β-unsaturated/α-hetero) is 1. The van der Waals surface area contributed by atoms with Gasteiger partial charge in [-0.1, -0.05) is 6.08 Å². The summed E-state index contributed by atoms with van der Waals surface area (Å²) in [5.74, 6) is -0.396. The van der Waals surface area contributed by atoms with E-state index in [4.69, 9.17) is 9.47 Å². The highest BCUT2D eigenvalue weighted by Gasteiger charge is 2.62. The van der Waals surface area contributed by atoms with Gasteiger partial charge in [0.2, 0.25) is 0 Å². The van der Waals surface area contributed by atoms with Crippen LogP contribution in [-0.2, 0) is 6.42 Å². The highest BCUT2D eigenvalue weighted by molar-refractivity contribution is 6.06. The van der Waals surface area contributed by atoms with Gasteiger partial charge in [-0.15, -0.1) is 6.58 Å². The second kappa shape index (κ2) is 5.09. The molecule has 21 heavy (non-hydrogen) atoms. The summed E-state index contributed by atoms with van der Waals surface area (Å²) in [4.78, 5) is 12.4. The Balaban J connectivity index is 2.60. The van der Waals surface area contributed by atoms with E-state index in [2.05, 4.69) is 6.58 Å². The third-order valence-electron chi connectivity index (χ3n) is 3.82. The molecule has 0 aliphatic heterocycles. The molecule has 0 radical (unpaired) electrons. The number of halogens is 3. The van der Waals surface area contributed by atoms with Crippen molar-refractivity contribution in [3.63, 3.8) is 0 Å². The van der Waals surface area contributed by atoms with Crippen LogP contribution in [0.2, 0.25) is 0 Å². The van der Waals surface area contributed by atoms with Crippen LogP contribution in [0.3, 0.4) is 0 Å². The van der Waals surface area contributed by atoms with Crippen LogP contribution in [0, 0.1) is 5.41 Å². The second-order valence-electron chi connectivity index (χ2n) is 4.94. The Labute approximate surface area is 120 Å². The van der Waals surface area contributed by atoms with Crippen molar-refractivity contribution in [1.82, 2.24) is 0 Å². The van der Waals surface area contributed by atoms with Crippen LogP contribution in [0.5, 0.6) is 11.5 Å². The van der Waals surface area contributed by atoms with Crippen molar-refractivity contribution in [2.24, 2.45) is 5.41 Å². The summed E-state index contributed by atoms with van der Waals surface area (Å²) in [5.41, 5.74) is -2.09. The van der Waals surface area contributed by atoms with Gasteiger partial charge in [-0.3, -0.25) is 4.79 Å². The minimum Gasteiger partial charge on any atom is -0.493 e. The summed E-state index contributed by atoms with van der Waals surface area (Å²) >= 11 is 0. The van der Waals surface area contributed by atoms with E-state index in [9.17, 15) is 18.0 Å². The van der Waals surface area contributed by atoms with Crippen molar-refractivity contribution in [2.45, 2.75) is 19.0 Å². The maximum atomic E-state index is 13.5. The molecule has 1 aliphatic rings. The number of rotatable bonds is 4. The summed E-state index contributed by atoms with van der Waals surface area (Å²) in [6.07, 6.45) is -4.37. The van der Waals surface area contributed by atoms with Gasteiger partial charge in [0, 0.05) is 5.56 Å². The fraction of sp³-hybridized carbons (Fsp3) is 0.400. The molecule has 0 saturated carbocycles. The third-order valence-corrected chi connectivity index (χ3v) is 3.82. The van der Waals surface area contributed by atoms with Crippen LogP contribution in [0.1, 0.15) is 22.3 Å². The number of carbonyl (C=O) groups is 1. The molecule has 2 rings (SSSR count). The molecular formula is C15H15F3O3. The number of ether oxygens (including phenoxy) is 2. The Morgan fingerprint density at radius 1 is 1.29 bits per heavy atom. The van der Waals surface area contributed by atoms with Crippen LogP contribution in [-0.4, -0.2) is 26.2 Å². The summed E-state index contributed by atoms with van der Waals surface area (Å²) in [6.45, 7) is 3.35. The lowest BCUT2D eigenvalue weighted by atomic mass is 9.79. The molecule has 0 spiro atoms. The Bertz CT molecular complexity index is 593. The maximum absolute atomic E-state index is 13.5. The maximum Gasteiger partial charge on any atom is 0.402 e. The molecule has 114 valence electrons. The molecule has 1 unspecified atom stereocenters. The van der Waals surface area contributed by atoms with Crippen molar-refractivity contribution in [1.29, 1.82) is 0 Å². The van der Waals surface area contributed by atoms with Gasteiger partial charge in [-0.25, -0.2) is 0 Å². The molecular weight excluding hydrogens is 285 g/mol. The van der Waals surface area contributed by atoms with Gasteiger partial charge in [-0.05, 0) is 30.5 Å². The van der Waals surface area contributed by atoms with E-state index in [1.54, 1.807) is 0 Å². The van der Waals surface area contributed by atoms with Crippen LogP contribution in [0.25, 0.3) is 0 Å². The van der Waals surface area contributed by atoms with E-state index in [1.807, 2.05) is 0 Å². The van der Waals surface area contributed by atoms with Crippen LogP contribution in [0.15, 0.2) is 24.8 Å². The number of ketones is 1. The van der Waals surface area contributed by atoms with E-state index in [0.717, 1.165) is 6.08 Å². The average Bonchev–Trinajstić information content (AvgIpc) is 2.71. The topological polar surface area (TPSA) is 35.5 Å². The minimum absolute atomic E-state index is 0.0341. The number of hydrogen-bond acceptors (Lipinski definition) is 3. The lowest BCUT2D eigenvalue weighted by molar-refractivity contribution is -0.201. The van der Waals surface area contributed by atoms with Gasteiger partial charge in [0.1, 0.15) is 5.41 Å². The quantitative estimate of drug-likeness (QED) is 0.797. The number of alkyl halides is 3. The monoisotopic (exact) mass is 300 g/mol. The zero-order chi connectivity index (χ0) is 15.8. The molecule has 1 aliphatic carbocycles. The summed E-state index contributed by atoms with van der Waals surface area (Å²) in [6, 6.07) is 2.75. The first-order valence-corrected chi connectivity index (χ1v) is 6.28. The molecule has 0 N–H and O–H groups in total. The Morgan fingerprint density at radius 3 is 2.33 bits per heavy atom. The Morgan fingerprint density at radius 2 is 1.86 bits per heavy atom. The van der Waals surface area contributed by atoms with E-state index in [0.29, 0.717) is 11.3 Å². The van der Waals surface area contributed by atoms with E-state index in [-0.39, 0.29) is 11.3 Å². The standard InChI is InChI=1S/C15H15F3O3/c1-4-5-14(15(16,17)18)8-9-6-11(20-2)12(21-3)7-10(9)13(14)19/h4,6-7H,1,5,8H2,2-3H3. The lowest BCUT2D eigenvalue weighted by Crippen LogP contribution is -2.43. The van der Waals surface area contributed by atoms with Crippen molar-refractivity contribution < 1.29 is 27.4 Å². The molecule has 6 heteroatoms. The van der Waals surface area contributed by atoms with Gasteiger partial charge in [-0.2, -0.15) is 13.2 Å². The molecule has 1 atom stereocenters. The predicted molar refractivity (Wildman–Crippen MR) is 70.9 cm³/mol. The van der Waals surface area contributed by atoms with Gasteiger partial charge in [0.25, 0.3) is 0 Å². The minimum atomic E-state index is -4.64. The first-order valence-electron chi connectivity index (χ1n) is 6.28. The van der Waals surface area contributed by atoms with Gasteiger partial charge >= 0.3 is 6.18 Å². The molecule has 0 aromatic heterocycles. The van der Waals surface area contributed by atoms with Crippen molar-refractivity contribution >= 4 is 5.78 Å².